The Labute approximate surface area is 106 Å². The summed E-state index contributed by atoms with van der Waals surface area (Å²) in [5, 5.41) is 27.8. The van der Waals surface area contributed by atoms with Crippen LogP contribution in [0.15, 0.2) is 30.5 Å². The third kappa shape index (κ3) is 2.22. The van der Waals surface area contributed by atoms with Crippen LogP contribution >= 0.6 is 0 Å². The maximum atomic E-state index is 10.7. The first kappa shape index (κ1) is 12.6. The fraction of sp³-hybridized carbons (Fsp3) is 0.385. The third-order valence-corrected chi connectivity index (χ3v) is 2.98. The van der Waals surface area contributed by atoms with E-state index in [0.717, 1.165) is 6.42 Å². The second kappa shape index (κ2) is 4.78. The summed E-state index contributed by atoms with van der Waals surface area (Å²) >= 11 is 0. The summed E-state index contributed by atoms with van der Waals surface area (Å²) in [5.41, 5.74) is 0.168. The summed E-state index contributed by atoms with van der Waals surface area (Å²) in [5.74, 6) is 0.176. The summed E-state index contributed by atoms with van der Waals surface area (Å²) in [6, 6.07) is 6.49. The monoisotopic (exact) mass is 247 g/mol. The number of rotatable bonds is 4. The molecule has 0 spiro atoms. The highest BCUT2D eigenvalue weighted by Crippen LogP contribution is 2.29. The number of phenolic OH excluding ortho intramolecular Hbond substituents is 1. The van der Waals surface area contributed by atoms with Crippen molar-refractivity contribution < 1.29 is 10.2 Å². The maximum absolute atomic E-state index is 10.7. The second-order valence-corrected chi connectivity index (χ2v) is 4.46. The Morgan fingerprint density at radius 1 is 1.28 bits per heavy atom. The topological polar surface area (TPSA) is 71.2 Å². The van der Waals surface area contributed by atoms with E-state index in [1.807, 2.05) is 6.92 Å². The normalized spacial score (nSPS) is 14.4. The summed E-state index contributed by atoms with van der Waals surface area (Å²) in [4.78, 5) is 0. The molecule has 5 heteroatoms. The number of benzene rings is 1. The van der Waals surface area contributed by atoms with Crippen LogP contribution in [0.5, 0.6) is 5.75 Å². The smallest absolute Gasteiger partial charge is 0.130 e. The molecule has 1 aromatic carbocycles. The van der Waals surface area contributed by atoms with E-state index in [4.69, 9.17) is 0 Å². The largest absolute Gasteiger partial charge is 0.508 e. The molecule has 96 valence electrons. The van der Waals surface area contributed by atoms with Crippen molar-refractivity contribution in [1.82, 2.24) is 15.0 Å². The van der Waals surface area contributed by atoms with E-state index in [-0.39, 0.29) is 5.75 Å². The van der Waals surface area contributed by atoms with Crippen molar-refractivity contribution in [2.45, 2.75) is 32.4 Å². The van der Waals surface area contributed by atoms with Crippen molar-refractivity contribution >= 4 is 0 Å². The van der Waals surface area contributed by atoms with Gasteiger partial charge in [0.15, 0.2) is 0 Å². The van der Waals surface area contributed by atoms with Gasteiger partial charge in [0.2, 0.25) is 0 Å². The third-order valence-electron chi connectivity index (χ3n) is 2.98. The second-order valence-electron chi connectivity index (χ2n) is 4.46. The van der Waals surface area contributed by atoms with Crippen molar-refractivity contribution in [3.63, 3.8) is 0 Å². The SMILES string of the molecule is CCCn1nncc1C(C)(O)c1ccc(O)cc1. The average molecular weight is 247 g/mol. The lowest BCUT2D eigenvalue weighted by Gasteiger charge is -2.24. The molecule has 0 fully saturated rings. The van der Waals surface area contributed by atoms with Gasteiger partial charge in [-0.25, -0.2) is 4.68 Å². The zero-order valence-electron chi connectivity index (χ0n) is 10.5. The lowest BCUT2D eigenvalue weighted by Crippen LogP contribution is -2.26. The number of aryl methyl sites for hydroxylation is 1. The van der Waals surface area contributed by atoms with Crippen molar-refractivity contribution in [3.05, 3.63) is 41.7 Å². The molecule has 1 unspecified atom stereocenters. The van der Waals surface area contributed by atoms with Gasteiger partial charge in [-0.05, 0) is 31.0 Å². The number of hydrogen-bond acceptors (Lipinski definition) is 4. The Morgan fingerprint density at radius 2 is 1.94 bits per heavy atom. The van der Waals surface area contributed by atoms with Crippen LogP contribution in [-0.4, -0.2) is 25.2 Å². The predicted molar refractivity (Wildman–Crippen MR) is 67.1 cm³/mol. The molecule has 0 aliphatic rings. The lowest BCUT2D eigenvalue weighted by molar-refractivity contribution is 0.0913. The van der Waals surface area contributed by atoms with Crippen LogP contribution in [0.4, 0.5) is 0 Å². The minimum absolute atomic E-state index is 0.176. The van der Waals surface area contributed by atoms with E-state index < -0.39 is 5.60 Å². The van der Waals surface area contributed by atoms with E-state index in [2.05, 4.69) is 10.3 Å². The van der Waals surface area contributed by atoms with Crippen molar-refractivity contribution in [1.29, 1.82) is 0 Å². The fourth-order valence-electron chi connectivity index (χ4n) is 1.95. The highest BCUT2D eigenvalue weighted by molar-refractivity contribution is 5.34. The molecule has 5 nitrogen and oxygen atoms in total. The van der Waals surface area contributed by atoms with Crippen molar-refractivity contribution in [2.24, 2.45) is 0 Å². The molecule has 1 heterocycles. The molecule has 1 atom stereocenters. The molecule has 2 aromatic rings. The summed E-state index contributed by atoms with van der Waals surface area (Å²) in [6.07, 6.45) is 2.49. The van der Waals surface area contributed by atoms with Gasteiger partial charge in [0.1, 0.15) is 11.4 Å². The van der Waals surface area contributed by atoms with Crippen molar-refractivity contribution in [2.75, 3.05) is 0 Å². The molecule has 0 aliphatic heterocycles. The van der Waals surface area contributed by atoms with E-state index >= 15 is 0 Å². The average Bonchev–Trinajstić information content (AvgIpc) is 2.79. The standard InChI is InChI=1S/C13H17N3O2/c1-3-8-16-12(9-14-15-16)13(2,18)10-4-6-11(17)7-5-10/h4-7,9,17-18H,3,8H2,1-2H3. The van der Waals surface area contributed by atoms with Gasteiger partial charge in [-0.15, -0.1) is 5.10 Å². The van der Waals surface area contributed by atoms with Crippen LogP contribution in [0.2, 0.25) is 0 Å². The van der Waals surface area contributed by atoms with Crippen LogP contribution in [-0.2, 0) is 12.1 Å². The Hall–Kier alpha value is -1.88. The van der Waals surface area contributed by atoms with E-state index in [9.17, 15) is 10.2 Å². The highest BCUT2D eigenvalue weighted by Gasteiger charge is 2.29. The first-order valence-corrected chi connectivity index (χ1v) is 5.96. The van der Waals surface area contributed by atoms with E-state index in [1.54, 1.807) is 42.1 Å². The predicted octanol–water partition coefficient (Wildman–Crippen LogP) is 1.65. The van der Waals surface area contributed by atoms with Crippen LogP contribution < -0.4 is 0 Å². The van der Waals surface area contributed by atoms with Gasteiger partial charge in [0, 0.05) is 6.54 Å². The number of nitrogens with zero attached hydrogens (tertiary/aromatic N) is 3. The molecule has 0 bridgehead atoms. The first-order valence-electron chi connectivity index (χ1n) is 5.96. The van der Waals surface area contributed by atoms with Gasteiger partial charge in [0.25, 0.3) is 0 Å². The molecular formula is C13H17N3O2. The minimum Gasteiger partial charge on any atom is -0.508 e. The summed E-state index contributed by atoms with van der Waals surface area (Å²) in [6.45, 7) is 4.45. The van der Waals surface area contributed by atoms with Crippen LogP contribution in [0, 0.1) is 0 Å². The number of aliphatic hydroxyl groups is 1. The number of aromatic hydroxyl groups is 1. The van der Waals surface area contributed by atoms with Gasteiger partial charge >= 0.3 is 0 Å². The highest BCUT2D eigenvalue weighted by atomic mass is 16.3. The maximum Gasteiger partial charge on any atom is 0.130 e. The molecule has 1 aromatic heterocycles. The van der Waals surface area contributed by atoms with Gasteiger partial charge in [-0.3, -0.25) is 0 Å². The van der Waals surface area contributed by atoms with Crippen LogP contribution in [0.1, 0.15) is 31.5 Å². The number of phenols is 1. The number of hydrogen-bond donors (Lipinski definition) is 2. The molecule has 18 heavy (non-hydrogen) atoms. The van der Waals surface area contributed by atoms with Gasteiger partial charge in [-0.2, -0.15) is 0 Å². The van der Waals surface area contributed by atoms with Crippen LogP contribution in [0.25, 0.3) is 0 Å². The Balaban J connectivity index is 2.40. The Kier molecular flexibility index (Phi) is 3.34. The molecular weight excluding hydrogens is 230 g/mol. The number of aromatic nitrogens is 3. The first-order chi connectivity index (χ1) is 8.55. The Bertz CT molecular complexity index is 517. The van der Waals surface area contributed by atoms with Crippen molar-refractivity contribution in [3.8, 4) is 5.75 Å². The molecule has 0 saturated heterocycles. The summed E-state index contributed by atoms with van der Waals surface area (Å²) < 4.78 is 1.70. The molecule has 2 N–H and O–H groups in total. The van der Waals surface area contributed by atoms with Gasteiger partial charge in [-0.1, -0.05) is 24.3 Å². The van der Waals surface area contributed by atoms with E-state index in [0.29, 0.717) is 17.8 Å². The zero-order chi connectivity index (χ0) is 13.2. The quantitative estimate of drug-likeness (QED) is 0.861. The lowest BCUT2D eigenvalue weighted by atomic mass is 9.93. The molecule has 0 amide bonds. The zero-order valence-corrected chi connectivity index (χ0v) is 10.5. The van der Waals surface area contributed by atoms with Crippen LogP contribution in [0.3, 0.4) is 0 Å². The Morgan fingerprint density at radius 3 is 2.56 bits per heavy atom. The van der Waals surface area contributed by atoms with Gasteiger partial charge < -0.3 is 10.2 Å². The van der Waals surface area contributed by atoms with E-state index in [1.165, 1.54) is 0 Å². The molecule has 0 aliphatic carbocycles. The van der Waals surface area contributed by atoms with Gasteiger partial charge in [0.05, 0.1) is 11.9 Å². The minimum atomic E-state index is -1.17. The molecule has 0 saturated carbocycles. The molecule has 0 radical (unpaired) electrons. The molecule has 2 rings (SSSR count). The fourth-order valence-corrected chi connectivity index (χ4v) is 1.95. The summed E-state index contributed by atoms with van der Waals surface area (Å²) in [7, 11) is 0.